The lowest BCUT2D eigenvalue weighted by Crippen LogP contribution is -2.44. The second-order valence-electron chi connectivity index (χ2n) is 8.65. The molecule has 0 saturated carbocycles. The lowest BCUT2D eigenvalue weighted by atomic mass is 9.95. The Kier molecular flexibility index (Phi) is 7.28. The van der Waals surface area contributed by atoms with Gasteiger partial charge in [-0.3, -0.25) is 9.69 Å². The molecule has 4 rings (SSSR count). The Labute approximate surface area is 193 Å². The zero-order valence-corrected chi connectivity index (χ0v) is 19.2. The highest BCUT2D eigenvalue weighted by Gasteiger charge is 2.30. The third-order valence-electron chi connectivity index (χ3n) is 6.44. The van der Waals surface area contributed by atoms with E-state index in [4.69, 9.17) is 4.74 Å². The van der Waals surface area contributed by atoms with E-state index in [1.165, 1.54) is 18.2 Å². The number of rotatable bonds is 9. The van der Waals surface area contributed by atoms with Crippen LogP contribution in [0.25, 0.3) is 10.9 Å². The van der Waals surface area contributed by atoms with Crippen molar-refractivity contribution >= 4 is 16.8 Å². The zero-order chi connectivity index (χ0) is 23.4. The molecule has 0 aliphatic carbocycles. The number of hydrogen-bond donors (Lipinski definition) is 2. The standard InChI is InChI=1S/C26H31F2N3O2/c1-3-11-31(12-5-4-6-17-15-30-24-10-7-18(27)13-21(17)24)19-14-22-20(26(32)29-2)8-9-23(28)25(22)33-16-19/h7-10,13,15,19,30H,3-6,11-12,14,16H2,1-2H3,(H,29,32). The van der Waals surface area contributed by atoms with Crippen LogP contribution in [0.5, 0.6) is 5.75 Å². The molecule has 0 radical (unpaired) electrons. The van der Waals surface area contributed by atoms with Crippen LogP contribution in [0.2, 0.25) is 0 Å². The fraction of sp³-hybridized carbons (Fsp3) is 0.423. The number of benzene rings is 2. The average molecular weight is 456 g/mol. The van der Waals surface area contributed by atoms with E-state index in [-0.39, 0.29) is 23.5 Å². The second kappa shape index (κ2) is 10.3. The van der Waals surface area contributed by atoms with Crippen molar-refractivity contribution in [3.05, 3.63) is 64.9 Å². The van der Waals surface area contributed by atoms with Crippen LogP contribution in [0.3, 0.4) is 0 Å². The summed E-state index contributed by atoms with van der Waals surface area (Å²) >= 11 is 0. The average Bonchev–Trinajstić information content (AvgIpc) is 3.22. The molecule has 0 spiro atoms. The predicted octanol–water partition coefficient (Wildman–Crippen LogP) is 4.84. The van der Waals surface area contributed by atoms with E-state index < -0.39 is 5.82 Å². The third kappa shape index (κ3) is 5.03. The summed E-state index contributed by atoms with van der Waals surface area (Å²) < 4.78 is 33.8. The van der Waals surface area contributed by atoms with Crippen molar-refractivity contribution in [2.75, 3.05) is 26.7 Å². The van der Waals surface area contributed by atoms with Crippen LogP contribution >= 0.6 is 0 Å². The number of aryl methyl sites for hydroxylation is 1. The molecule has 1 aliphatic heterocycles. The number of unbranched alkanes of at least 4 members (excludes halogenated alkanes) is 1. The van der Waals surface area contributed by atoms with Crippen molar-refractivity contribution in [2.24, 2.45) is 0 Å². The molecule has 1 aliphatic rings. The Morgan fingerprint density at radius 3 is 2.85 bits per heavy atom. The molecule has 3 aromatic rings. The van der Waals surface area contributed by atoms with Gasteiger partial charge in [-0.1, -0.05) is 6.92 Å². The van der Waals surface area contributed by atoms with E-state index in [9.17, 15) is 13.6 Å². The topological polar surface area (TPSA) is 57.4 Å². The van der Waals surface area contributed by atoms with Gasteiger partial charge >= 0.3 is 0 Å². The van der Waals surface area contributed by atoms with Gasteiger partial charge < -0.3 is 15.0 Å². The van der Waals surface area contributed by atoms with Crippen molar-refractivity contribution in [3.8, 4) is 5.75 Å². The number of hydrogen-bond acceptors (Lipinski definition) is 3. The van der Waals surface area contributed by atoms with Crippen LogP contribution < -0.4 is 10.1 Å². The number of aromatic amines is 1. The third-order valence-corrected chi connectivity index (χ3v) is 6.44. The Balaban J connectivity index is 1.40. The molecule has 1 unspecified atom stereocenters. The molecule has 5 nitrogen and oxygen atoms in total. The molecule has 2 aromatic carbocycles. The van der Waals surface area contributed by atoms with Gasteiger partial charge in [-0.05, 0) is 81.1 Å². The number of nitrogens with one attached hydrogen (secondary N) is 2. The maximum atomic E-state index is 14.3. The monoisotopic (exact) mass is 455 g/mol. The maximum Gasteiger partial charge on any atom is 0.251 e. The first-order chi connectivity index (χ1) is 16.0. The highest BCUT2D eigenvalue weighted by Crippen LogP contribution is 2.32. The van der Waals surface area contributed by atoms with Crippen molar-refractivity contribution in [2.45, 2.75) is 45.1 Å². The van der Waals surface area contributed by atoms with Gasteiger partial charge in [0.05, 0.1) is 0 Å². The van der Waals surface area contributed by atoms with Gasteiger partial charge in [0.2, 0.25) is 0 Å². The summed E-state index contributed by atoms with van der Waals surface area (Å²) in [6, 6.07) is 7.75. The summed E-state index contributed by atoms with van der Waals surface area (Å²) in [7, 11) is 1.57. The molecule has 0 bridgehead atoms. The molecule has 1 amide bonds. The lowest BCUT2D eigenvalue weighted by Gasteiger charge is -2.35. The fourth-order valence-corrected chi connectivity index (χ4v) is 4.77. The number of ether oxygens (including phenoxy) is 1. The molecule has 1 atom stereocenters. The molecule has 0 fully saturated rings. The quantitative estimate of drug-likeness (QED) is 0.454. The zero-order valence-electron chi connectivity index (χ0n) is 19.2. The molecule has 176 valence electrons. The second-order valence-corrected chi connectivity index (χ2v) is 8.65. The molecule has 0 saturated heterocycles. The van der Waals surface area contributed by atoms with Crippen LogP contribution in [-0.4, -0.2) is 48.6 Å². The van der Waals surface area contributed by atoms with Gasteiger partial charge in [-0.15, -0.1) is 0 Å². The lowest BCUT2D eigenvalue weighted by molar-refractivity contribution is 0.0949. The van der Waals surface area contributed by atoms with Gasteiger partial charge in [0.1, 0.15) is 12.4 Å². The highest BCUT2D eigenvalue weighted by molar-refractivity contribution is 5.96. The van der Waals surface area contributed by atoms with Crippen molar-refractivity contribution in [3.63, 3.8) is 0 Å². The van der Waals surface area contributed by atoms with Crippen LogP contribution in [0, 0.1) is 11.6 Å². The summed E-state index contributed by atoms with van der Waals surface area (Å²) in [5.41, 5.74) is 3.21. The predicted molar refractivity (Wildman–Crippen MR) is 126 cm³/mol. The van der Waals surface area contributed by atoms with E-state index in [0.29, 0.717) is 24.2 Å². The van der Waals surface area contributed by atoms with Crippen LogP contribution in [-0.2, 0) is 12.8 Å². The van der Waals surface area contributed by atoms with Gasteiger partial charge in [0.15, 0.2) is 11.6 Å². The first-order valence-corrected chi connectivity index (χ1v) is 11.7. The molecular formula is C26H31F2N3O2. The fourth-order valence-electron chi connectivity index (χ4n) is 4.77. The van der Waals surface area contributed by atoms with Crippen molar-refractivity contribution < 1.29 is 18.3 Å². The number of aromatic nitrogens is 1. The smallest absolute Gasteiger partial charge is 0.251 e. The minimum Gasteiger partial charge on any atom is -0.489 e. The van der Waals surface area contributed by atoms with Crippen LogP contribution in [0.4, 0.5) is 8.78 Å². The van der Waals surface area contributed by atoms with Gasteiger partial charge in [-0.25, -0.2) is 8.78 Å². The first kappa shape index (κ1) is 23.2. The van der Waals surface area contributed by atoms with E-state index in [0.717, 1.165) is 55.2 Å². The van der Waals surface area contributed by atoms with Gasteiger partial charge in [0.25, 0.3) is 5.91 Å². The summed E-state index contributed by atoms with van der Waals surface area (Å²) in [5.74, 6) is -0.668. The van der Waals surface area contributed by atoms with Crippen LogP contribution in [0.1, 0.15) is 47.7 Å². The number of carbonyl (C=O) groups is 1. The molecule has 2 heterocycles. The van der Waals surface area contributed by atoms with Crippen molar-refractivity contribution in [1.82, 2.24) is 15.2 Å². The summed E-state index contributed by atoms with van der Waals surface area (Å²) in [5, 5.41) is 3.58. The Morgan fingerprint density at radius 2 is 2.06 bits per heavy atom. The van der Waals surface area contributed by atoms with E-state index in [1.54, 1.807) is 19.2 Å². The number of fused-ring (bicyclic) bond motifs is 2. The number of carbonyl (C=O) groups excluding carboxylic acids is 1. The van der Waals surface area contributed by atoms with E-state index in [1.807, 2.05) is 6.20 Å². The van der Waals surface area contributed by atoms with Crippen molar-refractivity contribution in [1.29, 1.82) is 0 Å². The van der Waals surface area contributed by atoms with Gasteiger partial charge in [0, 0.05) is 41.3 Å². The SMILES string of the molecule is CCCN(CCCCc1c[nH]c2ccc(F)cc12)C1COc2c(F)ccc(C(=O)NC)c2C1. The Morgan fingerprint density at radius 1 is 1.21 bits per heavy atom. The number of nitrogens with zero attached hydrogens (tertiary/aromatic N) is 1. The van der Waals surface area contributed by atoms with E-state index in [2.05, 4.69) is 22.1 Å². The molecule has 2 N–H and O–H groups in total. The molecular weight excluding hydrogens is 424 g/mol. The highest BCUT2D eigenvalue weighted by atomic mass is 19.1. The normalized spacial score (nSPS) is 15.5. The molecule has 7 heteroatoms. The minimum atomic E-state index is -0.423. The van der Waals surface area contributed by atoms with Gasteiger partial charge in [-0.2, -0.15) is 0 Å². The number of halogens is 2. The summed E-state index contributed by atoms with van der Waals surface area (Å²) in [6.07, 6.45) is 6.38. The number of H-pyrrole nitrogens is 1. The minimum absolute atomic E-state index is 0.0878. The summed E-state index contributed by atoms with van der Waals surface area (Å²) in [6.45, 7) is 4.34. The number of amides is 1. The Hall–Kier alpha value is -2.93. The first-order valence-electron chi connectivity index (χ1n) is 11.7. The largest absolute Gasteiger partial charge is 0.489 e. The van der Waals surface area contributed by atoms with E-state index >= 15 is 0 Å². The Bertz CT molecular complexity index is 1130. The summed E-state index contributed by atoms with van der Waals surface area (Å²) in [4.78, 5) is 17.9. The molecule has 1 aromatic heterocycles. The molecule has 33 heavy (non-hydrogen) atoms. The van der Waals surface area contributed by atoms with Crippen LogP contribution in [0.15, 0.2) is 36.5 Å². The maximum absolute atomic E-state index is 14.3.